The number of fused-ring (bicyclic) bond motifs is 1. The van der Waals surface area contributed by atoms with Gasteiger partial charge in [0.2, 0.25) is 5.13 Å². The second kappa shape index (κ2) is 27.3. The molecule has 0 unspecified atom stereocenters. The second-order valence-corrected chi connectivity index (χ2v) is 18.1. The van der Waals surface area contributed by atoms with Gasteiger partial charge in [-0.2, -0.15) is 10.1 Å². The summed E-state index contributed by atoms with van der Waals surface area (Å²) < 4.78 is 35.0. The van der Waals surface area contributed by atoms with E-state index in [0.29, 0.717) is 59.9 Å². The van der Waals surface area contributed by atoms with Crippen LogP contribution in [0.3, 0.4) is 0 Å². The third-order valence-corrected chi connectivity index (χ3v) is 12.6. The highest BCUT2D eigenvalue weighted by Crippen LogP contribution is 2.31. The van der Waals surface area contributed by atoms with E-state index in [1.54, 1.807) is 30.5 Å². The van der Waals surface area contributed by atoms with Gasteiger partial charge in [-0.15, -0.1) is 11.3 Å². The quantitative estimate of drug-likeness (QED) is 0.0122. The summed E-state index contributed by atoms with van der Waals surface area (Å²) in [6.45, 7) is 9.04. The first kappa shape index (κ1) is 52.5. The molecule has 0 spiro atoms. The van der Waals surface area contributed by atoms with E-state index in [0.717, 1.165) is 75.7 Å². The van der Waals surface area contributed by atoms with Crippen LogP contribution in [-0.2, 0) is 45.4 Å². The fourth-order valence-corrected chi connectivity index (χ4v) is 8.48. The molecule has 8 rings (SSSR count). The van der Waals surface area contributed by atoms with Crippen LogP contribution in [0.5, 0.6) is 28.7 Å². The molecule has 0 radical (unpaired) electrons. The van der Waals surface area contributed by atoms with Gasteiger partial charge in [-0.05, 0) is 138 Å². The van der Waals surface area contributed by atoms with Gasteiger partial charge in [0.15, 0.2) is 0 Å². The Balaban J connectivity index is 0.887. The molecule has 0 N–H and O–H groups in total. The number of aromatic nitrogens is 1. The largest absolute Gasteiger partial charge is 0.494 e. The molecular formula is C62H57N3O9S. The average molecular weight is 1020 g/mol. The van der Waals surface area contributed by atoms with Crippen molar-refractivity contribution < 1.29 is 42.8 Å². The normalized spacial score (nSPS) is 10.9. The number of aryl methyl sites for hydroxylation is 1. The predicted octanol–water partition coefficient (Wildman–Crippen LogP) is 13.5. The predicted molar refractivity (Wildman–Crippen MR) is 295 cm³/mol. The summed E-state index contributed by atoms with van der Waals surface area (Å²) in [6.07, 6.45) is 8.24. The van der Waals surface area contributed by atoms with Gasteiger partial charge in [0.1, 0.15) is 48.6 Å². The van der Waals surface area contributed by atoms with Gasteiger partial charge in [0, 0.05) is 29.0 Å². The highest BCUT2D eigenvalue weighted by molar-refractivity contribution is 7.14. The molecule has 13 heteroatoms. The molecule has 0 aliphatic heterocycles. The molecule has 1 amide bonds. The van der Waals surface area contributed by atoms with Gasteiger partial charge in [-0.1, -0.05) is 110 Å². The lowest BCUT2D eigenvalue weighted by Crippen LogP contribution is -2.23. The number of anilines is 1. The van der Waals surface area contributed by atoms with Crippen LogP contribution in [0.2, 0.25) is 0 Å². The second-order valence-electron chi connectivity index (χ2n) is 17.3. The van der Waals surface area contributed by atoms with Crippen molar-refractivity contribution in [2.24, 2.45) is 5.10 Å². The van der Waals surface area contributed by atoms with E-state index < -0.39 is 11.9 Å². The third kappa shape index (κ3) is 16.1. The Hall–Kier alpha value is -8.81. The summed E-state index contributed by atoms with van der Waals surface area (Å²) in [7, 11) is 0. The number of hydrogen-bond donors (Lipinski definition) is 0. The van der Waals surface area contributed by atoms with Crippen LogP contribution < -0.4 is 28.7 Å². The standard InChI is InChI=1S/C62H57N3O9S/c1-3-59(66)65(62-64-57(44-75-62)51-25-24-49-16-10-11-17-50(49)39-51)63-40-52-38-48(22-34-58(52)73-42-47-20-28-53(29-21-47)69-36-12-5-6-13-37-70-60(67)4-2)43-72-54-26-18-45(19-27-54)23-35-61(68)74-56-32-30-55(31-33-56)71-41-46-14-8-7-9-15-46/h3-4,7-11,14-22,24-34,38-40,44H,1-2,5-6,12-13,23,35-37,41-43H2/b63-40+. The molecule has 0 saturated heterocycles. The fraction of sp³-hybridized carbons (Fsp3) is 0.177. The van der Waals surface area contributed by atoms with E-state index >= 15 is 0 Å². The molecule has 0 bridgehead atoms. The lowest BCUT2D eigenvalue weighted by atomic mass is 10.1. The zero-order chi connectivity index (χ0) is 52.0. The molecule has 0 aliphatic carbocycles. The maximum absolute atomic E-state index is 13.4. The Bertz CT molecular complexity index is 3190. The number of amides is 1. The number of hydrogen-bond acceptors (Lipinski definition) is 12. The molecule has 75 heavy (non-hydrogen) atoms. The Kier molecular flexibility index (Phi) is 19.1. The Morgan fingerprint density at radius 3 is 1.92 bits per heavy atom. The van der Waals surface area contributed by atoms with E-state index in [1.807, 2.05) is 121 Å². The van der Waals surface area contributed by atoms with E-state index in [4.69, 9.17) is 33.4 Å². The summed E-state index contributed by atoms with van der Waals surface area (Å²) in [5, 5.41) is 10.4. The van der Waals surface area contributed by atoms with Gasteiger partial charge >= 0.3 is 11.9 Å². The van der Waals surface area contributed by atoms with Gasteiger partial charge in [0.05, 0.1) is 25.1 Å². The SMILES string of the molecule is C=CC(=O)OCCCCCCOc1ccc(COc2ccc(COc3ccc(CCC(=O)Oc4ccc(OCc5ccccc5)cc4)cc3)cc2/C=N/N(C(=O)C=C)c2nc(-c3ccc4ccccc4c3)cs2)cc1. The van der Waals surface area contributed by atoms with Crippen LogP contribution >= 0.6 is 11.3 Å². The van der Waals surface area contributed by atoms with Crippen LogP contribution in [0.25, 0.3) is 22.0 Å². The molecular weight excluding hydrogens is 963 g/mol. The first-order chi connectivity index (χ1) is 36.8. The number of rotatable bonds is 27. The van der Waals surface area contributed by atoms with Crippen molar-refractivity contribution in [2.45, 2.75) is 58.3 Å². The lowest BCUT2D eigenvalue weighted by Gasteiger charge is -2.14. The minimum Gasteiger partial charge on any atom is -0.494 e. The smallest absolute Gasteiger partial charge is 0.330 e. The Morgan fingerprint density at radius 1 is 0.573 bits per heavy atom. The summed E-state index contributed by atoms with van der Waals surface area (Å²) >= 11 is 1.30. The summed E-state index contributed by atoms with van der Waals surface area (Å²) in [6, 6.07) is 52.3. The van der Waals surface area contributed by atoms with Gasteiger partial charge in [-0.3, -0.25) is 9.59 Å². The number of unbranched alkanes of at least 4 members (excludes halogenated alkanes) is 3. The topological polar surface area (TPSA) is 135 Å². The van der Waals surface area contributed by atoms with Crippen molar-refractivity contribution in [1.82, 2.24) is 4.98 Å². The van der Waals surface area contributed by atoms with Crippen molar-refractivity contribution in [3.8, 4) is 40.0 Å². The number of nitrogens with zero attached hydrogens (tertiary/aromatic N) is 3. The summed E-state index contributed by atoms with van der Waals surface area (Å²) in [5.74, 6) is 1.91. The lowest BCUT2D eigenvalue weighted by molar-refractivity contribution is -0.138. The first-order valence-corrected chi connectivity index (χ1v) is 25.6. The van der Waals surface area contributed by atoms with E-state index in [2.05, 4.69) is 42.5 Å². The molecule has 12 nitrogen and oxygen atoms in total. The van der Waals surface area contributed by atoms with Crippen LogP contribution in [-0.4, -0.2) is 42.3 Å². The Labute approximate surface area is 441 Å². The van der Waals surface area contributed by atoms with Gasteiger partial charge in [-0.25, -0.2) is 9.78 Å². The molecule has 0 aliphatic rings. The van der Waals surface area contributed by atoms with Crippen LogP contribution in [0, 0.1) is 0 Å². The van der Waals surface area contributed by atoms with Crippen molar-refractivity contribution in [3.63, 3.8) is 0 Å². The number of carbonyl (C=O) groups excluding carboxylic acids is 3. The number of hydrazone groups is 1. The van der Waals surface area contributed by atoms with E-state index in [-0.39, 0.29) is 25.6 Å². The van der Waals surface area contributed by atoms with Crippen molar-refractivity contribution in [3.05, 3.63) is 222 Å². The average Bonchev–Trinajstić information content (AvgIpc) is 3.95. The van der Waals surface area contributed by atoms with Gasteiger partial charge < -0.3 is 28.4 Å². The van der Waals surface area contributed by atoms with Crippen molar-refractivity contribution in [2.75, 3.05) is 18.2 Å². The molecule has 1 heterocycles. The van der Waals surface area contributed by atoms with Crippen LogP contribution in [0.15, 0.2) is 200 Å². The molecule has 7 aromatic carbocycles. The number of ether oxygens (including phenoxy) is 6. The maximum atomic E-state index is 13.4. The summed E-state index contributed by atoms with van der Waals surface area (Å²) in [5.41, 5.74) is 6.04. The maximum Gasteiger partial charge on any atom is 0.330 e. The van der Waals surface area contributed by atoms with Crippen LogP contribution in [0.4, 0.5) is 5.13 Å². The van der Waals surface area contributed by atoms with E-state index in [9.17, 15) is 14.4 Å². The highest BCUT2D eigenvalue weighted by Gasteiger charge is 2.18. The van der Waals surface area contributed by atoms with Crippen LogP contribution in [0.1, 0.15) is 59.9 Å². The van der Waals surface area contributed by atoms with Crippen molar-refractivity contribution >= 4 is 51.3 Å². The number of benzene rings is 7. The minimum atomic E-state index is -0.447. The number of thiazole rings is 1. The molecule has 0 atom stereocenters. The zero-order valence-corrected chi connectivity index (χ0v) is 42.3. The molecule has 0 saturated carbocycles. The monoisotopic (exact) mass is 1020 g/mol. The highest BCUT2D eigenvalue weighted by atomic mass is 32.1. The molecule has 1 aromatic heterocycles. The zero-order valence-electron chi connectivity index (χ0n) is 41.5. The summed E-state index contributed by atoms with van der Waals surface area (Å²) in [4.78, 5) is 42.1. The molecule has 380 valence electrons. The fourth-order valence-electron chi connectivity index (χ4n) is 7.68. The van der Waals surface area contributed by atoms with Crippen molar-refractivity contribution in [1.29, 1.82) is 0 Å². The minimum absolute atomic E-state index is 0.205. The molecule has 0 fully saturated rings. The third-order valence-electron chi connectivity index (χ3n) is 11.8. The van der Waals surface area contributed by atoms with Gasteiger partial charge in [0.25, 0.3) is 5.91 Å². The Morgan fingerprint density at radius 2 is 1.19 bits per heavy atom. The molecule has 8 aromatic rings. The number of carbonyl (C=O) groups is 3. The van der Waals surface area contributed by atoms with E-state index in [1.165, 1.54) is 28.5 Å². The first-order valence-electron chi connectivity index (χ1n) is 24.7. The number of esters is 2.